The second kappa shape index (κ2) is 32.7. The van der Waals surface area contributed by atoms with Gasteiger partial charge in [-0.3, -0.25) is 32.0 Å². The van der Waals surface area contributed by atoms with E-state index in [-0.39, 0.29) is 17.7 Å². The van der Waals surface area contributed by atoms with Gasteiger partial charge in [0.05, 0.1) is 66.4 Å². The molecule has 0 spiro atoms. The number of carbonyl (C=O) groups is 3. The van der Waals surface area contributed by atoms with Gasteiger partial charge in [0.1, 0.15) is 28.7 Å². The number of aryl methyl sites for hydroxylation is 7. The lowest BCUT2D eigenvalue weighted by molar-refractivity contribution is 0.0951. The van der Waals surface area contributed by atoms with Crippen LogP contribution in [0.4, 0.5) is 22.7 Å². The molecule has 4 saturated heterocycles. The quantitative estimate of drug-likeness (QED) is 0.103. The Bertz CT molecular complexity index is 6950. The molecular weight excluding hydrogens is 1530 g/mol. The maximum Gasteiger partial charge on any atom is 0.255 e. The molecule has 3 N–H and O–H groups in total. The van der Waals surface area contributed by atoms with Crippen molar-refractivity contribution in [2.45, 2.75) is 105 Å². The number of para-hydroxylation sites is 2. The maximum absolute atomic E-state index is 13.1. The molecule has 4 aliphatic heterocycles. The summed E-state index contributed by atoms with van der Waals surface area (Å²) < 4.78 is 8.19. The van der Waals surface area contributed by atoms with E-state index in [1.807, 2.05) is 89.8 Å². The van der Waals surface area contributed by atoms with E-state index >= 15 is 0 Å². The third-order valence-corrected chi connectivity index (χ3v) is 25.9. The number of fused-ring (bicyclic) bond motifs is 20. The van der Waals surface area contributed by atoms with Gasteiger partial charge in [0.25, 0.3) is 17.7 Å². The predicted octanol–water partition coefficient (Wildman–Crippen LogP) is 13.2. The Balaban J connectivity index is 0.000000116. The summed E-state index contributed by atoms with van der Waals surface area (Å²) in [6, 6.07) is 41.3. The minimum absolute atomic E-state index is 0.106. The van der Waals surface area contributed by atoms with Crippen LogP contribution in [0, 0.1) is 59.8 Å². The summed E-state index contributed by atoms with van der Waals surface area (Å²) in [6.07, 6.45) is 10.1. The van der Waals surface area contributed by atoms with E-state index in [4.69, 9.17) is 39.9 Å². The van der Waals surface area contributed by atoms with Crippen molar-refractivity contribution in [2.24, 2.45) is 0 Å². The van der Waals surface area contributed by atoms with Crippen LogP contribution in [0.2, 0.25) is 0 Å². The topological polar surface area (TPSA) is 258 Å². The fraction of sp³-hybridized carbons (Fsp3) is 0.368. The summed E-state index contributed by atoms with van der Waals surface area (Å²) in [5.41, 5.74) is 28.4. The first-order valence-corrected chi connectivity index (χ1v) is 42.4. The number of benzene rings is 4. The van der Waals surface area contributed by atoms with Gasteiger partial charge in [-0.1, -0.05) is 12.1 Å². The standard InChI is InChI=1S/C25H30N6O.C24H28N6O.C23H26N6O.C23H24N6/c1-6-26-25(32)19-13-18-21(30-10-8-17(14-30)29(4)5)7-9-27-23(18)31-22-12-16(3)15(2)11-20(22)28-24(19)31;1-14-10-19-21(11-15(14)2)30-22-17(12-18(23(30)27-19)24(31)25-3)20(6-8-26-22)29-9-7-16(13-29)28(4)5;1-14-11-20(28-10-9-15(13-28)27(3)4)16-12-17(23(30)24-2)22-26-18-7-5-6-8-19(18)29(22)21(16)25-14;1-14-9-19-21(10-15(14)2)29-22(26-19)16(12-24)11-18-20(5-7-25-23(18)29)28-8-6-17(13-28)27(3)4/h7,9,11-13,17H,6,8,10,14H2,1-5H3,(H,26,32);6,8,10-12,16H,7,9,13H2,1-5H3,(H,25,31);5-8,11-12,15H,9-10,13H2,1-4H3,(H,24,30);5,7,9-11,17H,6,8,13H2,1-4H3/t17-;16-;15-;17-/m0000/s1. The molecule has 4 atom stereocenters. The van der Waals surface area contributed by atoms with Gasteiger partial charge >= 0.3 is 0 Å². The molecule has 16 heterocycles. The maximum atomic E-state index is 13.1. The van der Waals surface area contributed by atoms with Gasteiger partial charge in [-0.25, -0.2) is 39.9 Å². The molecule has 0 radical (unpaired) electrons. The highest BCUT2D eigenvalue weighted by Crippen LogP contribution is 2.40. The molecule has 16 aromatic rings. The van der Waals surface area contributed by atoms with Crippen LogP contribution in [0.1, 0.15) is 108 Å². The van der Waals surface area contributed by atoms with Crippen LogP contribution >= 0.6 is 0 Å². The first-order chi connectivity index (χ1) is 58.7. The molecule has 3 amide bonds. The average molecular weight is 1630 g/mol. The van der Waals surface area contributed by atoms with Crippen molar-refractivity contribution in [1.82, 2.24) is 93.0 Å². The Hall–Kier alpha value is -12.7. The van der Waals surface area contributed by atoms with Crippen LogP contribution in [0.25, 0.3) is 111 Å². The second-order valence-corrected chi connectivity index (χ2v) is 34.3. The highest BCUT2D eigenvalue weighted by molar-refractivity contribution is 6.11. The molecule has 4 aliphatic rings. The molecule has 20 rings (SSSR count). The predicted molar refractivity (Wildman–Crippen MR) is 492 cm³/mol. The Morgan fingerprint density at radius 1 is 0.385 bits per heavy atom. The summed E-state index contributed by atoms with van der Waals surface area (Å²) in [5, 5.41) is 22.3. The number of imidazole rings is 4. The molecule has 27 heteroatoms. The average Bonchev–Trinajstić information content (AvgIpc) is 1.57. The number of amides is 3. The zero-order valence-corrected chi connectivity index (χ0v) is 73.2. The number of hydrogen-bond acceptors (Lipinski definition) is 20. The van der Waals surface area contributed by atoms with Crippen molar-refractivity contribution in [3.05, 3.63) is 189 Å². The Kier molecular flexibility index (Phi) is 21.9. The van der Waals surface area contributed by atoms with Crippen LogP contribution in [0.3, 0.4) is 0 Å². The highest BCUT2D eigenvalue weighted by atomic mass is 16.2. The van der Waals surface area contributed by atoms with Crippen LogP contribution in [-0.2, 0) is 0 Å². The lowest BCUT2D eigenvalue weighted by atomic mass is 10.1. The van der Waals surface area contributed by atoms with Crippen molar-refractivity contribution in [3.8, 4) is 6.07 Å². The van der Waals surface area contributed by atoms with Crippen LogP contribution in [0.5, 0.6) is 0 Å². The van der Waals surface area contributed by atoms with Crippen molar-refractivity contribution in [2.75, 3.05) is 149 Å². The first kappa shape index (κ1) is 81.6. The Morgan fingerprint density at radius 2 is 0.721 bits per heavy atom. The van der Waals surface area contributed by atoms with Crippen molar-refractivity contribution < 1.29 is 14.4 Å². The number of pyridine rings is 8. The molecule has 0 unspecified atom stereocenters. The SMILES string of the molecule is CCNC(=O)c1cc2c(N3CC[C@H](N(C)C)C3)ccnc2n2c1nc1cc(C)c(C)cc12.CNC(=O)c1cc2c(N3CC[C@H](N(C)C)C3)cc(C)nc2n2c1nc1ccccc12.CNC(=O)c1cc2c(N3CC[C@H](N(C)C)C3)ccnc2n2c1nc1cc(C)c(C)cc12.Cc1cc2nc3c(C#N)cc4c(N5CC[C@H](N(C)C)C5)ccnc4n3c2cc1C. The summed E-state index contributed by atoms with van der Waals surface area (Å²) in [4.78, 5) is 95.9. The minimum atomic E-state index is -0.142. The number of rotatable bonds is 12. The lowest BCUT2D eigenvalue weighted by Crippen LogP contribution is -2.31. The number of nitrogens with one attached hydrogen (secondary N) is 3. The molecule has 0 bridgehead atoms. The summed E-state index contributed by atoms with van der Waals surface area (Å²) in [6.45, 7) is 24.9. The molecule has 626 valence electrons. The molecule has 122 heavy (non-hydrogen) atoms. The largest absolute Gasteiger partial charge is 0.369 e. The fourth-order valence-electron chi connectivity index (χ4n) is 18.4. The van der Waals surface area contributed by atoms with E-state index in [0.717, 1.165) is 195 Å². The Labute approximate surface area is 709 Å². The monoisotopic (exact) mass is 1630 g/mol. The number of anilines is 4. The smallest absolute Gasteiger partial charge is 0.255 e. The number of carbonyl (C=O) groups excluding carboxylic acids is 3. The fourth-order valence-corrected chi connectivity index (χ4v) is 18.4. The van der Waals surface area contributed by atoms with Gasteiger partial charge in [0.15, 0.2) is 22.6 Å². The van der Waals surface area contributed by atoms with Crippen molar-refractivity contribution in [1.29, 1.82) is 5.26 Å². The number of hydrogen-bond donors (Lipinski definition) is 3. The molecule has 0 saturated carbocycles. The van der Waals surface area contributed by atoms with E-state index in [9.17, 15) is 19.6 Å². The van der Waals surface area contributed by atoms with Crippen molar-refractivity contribution >= 4 is 151 Å². The number of nitriles is 1. The van der Waals surface area contributed by atoms with Gasteiger partial charge in [0.2, 0.25) is 0 Å². The van der Waals surface area contributed by atoms with Crippen LogP contribution in [-0.4, -0.2) is 248 Å². The van der Waals surface area contributed by atoms with E-state index < -0.39 is 0 Å². The minimum Gasteiger partial charge on any atom is -0.369 e. The number of aromatic nitrogens is 12. The third kappa shape index (κ3) is 14.5. The molecule has 12 aromatic heterocycles. The molecule has 4 fully saturated rings. The number of nitrogens with zero attached hydrogens (tertiary/aromatic N) is 21. The lowest BCUT2D eigenvalue weighted by Gasteiger charge is -2.24. The summed E-state index contributed by atoms with van der Waals surface area (Å²) in [7, 11) is 20.4. The molecular formula is C95H108N24O3. The van der Waals surface area contributed by atoms with Gasteiger partial charge in [-0.2, -0.15) is 5.26 Å². The summed E-state index contributed by atoms with van der Waals surface area (Å²) in [5.74, 6) is -0.389. The molecule has 0 aliphatic carbocycles. The van der Waals surface area contributed by atoms with Gasteiger partial charge in [0, 0.05) is 166 Å². The zero-order chi connectivity index (χ0) is 85.7. The Morgan fingerprint density at radius 3 is 1.10 bits per heavy atom. The van der Waals surface area contributed by atoms with E-state index in [1.165, 1.54) is 33.4 Å². The van der Waals surface area contributed by atoms with Gasteiger partial charge in [-0.15, -0.1) is 0 Å². The van der Waals surface area contributed by atoms with Crippen LogP contribution < -0.4 is 35.6 Å². The van der Waals surface area contributed by atoms with E-state index in [0.29, 0.717) is 75.6 Å². The third-order valence-electron chi connectivity index (χ3n) is 25.9. The summed E-state index contributed by atoms with van der Waals surface area (Å²) >= 11 is 0. The van der Waals surface area contributed by atoms with Crippen molar-refractivity contribution in [3.63, 3.8) is 0 Å². The highest BCUT2D eigenvalue weighted by Gasteiger charge is 2.33. The van der Waals surface area contributed by atoms with Gasteiger partial charge < -0.3 is 55.1 Å². The molecule has 4 aromatic carbocycles. The first-order valence-electron chi connectivity index (χ1n) is 42.4. The van der Waals surface area contributed by atoms with E-state index in [1.54, 1.807) is 14.1 Å². The zero-order valence-electron chi connectivity index (χ0n) is 73.2. The normalized spacial score (nSPS) is 16.9. The molecule has 27 nitrogen and oxygen atoms in total. The second-order valence-electron chi connectivity index (χ2n) is 34.3. The van der Waals surface area contributed by atoms with Crippen LogP contribution in [0.15, 0.2) is 128 Å². The van der Waals surface area contributed by atoms with E-state index in [2.05, 4.69) is 229 Å². The number of likely N-dealkylation sites (N-methyl/N-ethyl adjacent to an activating group) is 4. The van der Waals surface area contributed by atoms with Gasteiger partial charge in [-0.05, 0) is 268 Å².